The Kier molecular flexibility index (Phi) is 17.2. The largest absolute Gasteiger partial charge is 0.381 e. The molecular weight excluding hydrogens is 256 g/mol. The second-order valence-electron chi connectivity index (χ2n) is 6.34. The molecule has 1 heteroatoms. The van der Waals surface area contributed by atoms with Gasteiger partial charge in [0.15, 0.2) is 0 Å². The summed E-state index contributed by atoms with van der Waals surface area (Å²) in [6, 6.07) is 0. The third kappa shape index (κ3) is 19.5. The van der Waals surface area contributed by atoms with E-state index in [4.69, 9.17) is 5.11 Å². The molecule has 21 heavy (non-hydrogen) atoms. The average molecular weight is 295 g/mol. The van der Waals surface area contributed by atoms with Gasteiger partial charge in [0.25, 0.3) is 0 Å². The minimum atomic E-state index is -0.461. The number of hydrogen-bond donors (Lipinski definition) is 1. The highest BCUT2D eigenvalue weighted by molar-refractivity contribution is 5.02. The topological polar surface area (TPSA) is 20.2 Å². The zero-order valence-electron chi connectivity index (χ0n) is 14.6. The van der Waals surface area contributed by atoms with Gasteiger partial charge in [0, 0.05) is 6.42 Å². The van der Waals surface area contributed by atoms with Crippen LogP contribution in [0, 0.1) is 11.8 Å². The fourth-order valence-corrected chi connectivity index (χ4v) is 2.63. The van der Waals surface area contributed by atoms with Gasteiger partial charge < -0.3 is 5.11 Å². The summed E-state index contributed by atoms with van der Waals surface area (Å²) in [6.07, 6.45) is 20.0. The Morgan fingerprint density at radius 1 is 0.667 bits per heavy atom. The highest BCUT2D eigenvalue weighted by Gasteiger charge is 1.93. The molecular formula is C20H38O. The van der Waals surface area contributed by atoms with Crippen molar-refractivity contribution in [1.82, 2.24) is 0 Å². The molecule has 0 aromatic heterocycles. The number of hydrogen-bond acceptors (Lipinski definition) is 1. The van der Waals surface area contributed by atoms with E-state index in [9.17, 15) is 0 Å². The van der Waals surface area contributed by atoms with Crippen molar-refractivity contribution in [2.45, 2.75) is 116 Å². The predicted molar refractivity (Wildman–Crippen MR) is 94.4 cm³/mol. The zero-order valence-corrected chi connectivity index (χ0v) is 14.6. The van der Waals surface area contributed by atoms with E-state index in [-0.39, 0.29) is 0 Å². The van der Waals surface area contributed by atoms with E-state index in [1.165, 1.54) is 89.9 Å². The fraction of sp³-hybridized carbons (Fsp3) is 0.900. The van der Waals surface area contributed by atoms with Crippen LogP contribution in [0.25, 0.3) is 0 Å². The molecule has 0 aromatic rings. The summed E-state index contributed by atoms with van der Waals surface area (Å²) in [7, 11) is 0. The van der Waals surface area contributed by atoms with Crippen molar-refractivity contribution in [2.75, 3.05) is 0 Å². The van der Waals surface area contributed by atoms with Crippen molar-refractivity contribution in [3.8, 4) is 11.8 Å². The van der Waals surface area contributed by atoms with Crippen LogP contribution in [0.4, 0.5) is 0 Å². The van der Waals surface area contributed by atoms with Crippen molar-refractivity contribution in [3.05, 3.63) is 0 Å². The van der Waals surface area contributed by atoms with E-state index in [0.29, 0.717) is 0 Å². The van der Waals surface area contributed by atoms with Gasteiger partial charge in [-0.3, -0.25) is 0 Å². The molecule has 0 saturated carbocycles. The summed E-state index contributed by atoms with van der Waals surface area (Å²) in [5, 5.41) is 8.99. The second-order valence-corrected chi connectivity index (χ2v) is 6.34. The summed E-state index contributed by atoms with van der Waals surface area (Å²) in [4.78, 5) is 0. The van der Waals surface area contributed by atoms with Crippen LogP contribution in [-0.2, 0) is 0 Å². The Hall–Kier alpha value is -0.480. The van der Waals surface area contributed by atoms with Crippen LogP contribution in [0.5, 0.6) is 0 Å². The summed E-state index contributed by atoms with van der Waals surface area (Å²) in [5.74, 6) is 5.83. The molecule has 0 aliphatic rings. The van der Waals surface area contributed by atoms with Gasteiger partial charge in [0.2, 0.25) is 0 Å². The lowest BCUT2D eigenvalue weighted by molar-refractivity contribution is 0.253. The van der Waals surface area contributed by atoms with Crippen LogP contribution in [0.1, 0.15) is 110 Å². The fourth-order valence-electron chi connectivity index (χ4n) is 2.63. The summed E-state index contributed by atoms with van der Waals surface area (Å²) >= 11 is 0. The highest BCUT2D eigenvalue weighted by atomic mass is 16.3. The van der Waals surface area contributed by atoms with Crippen molar-refractivity contribution in [2.24, 2.45) is 0 Å². The normalized spacial score (nSPS) is 12.0. The molecule has 0 aromatic carbocycles. The molecule has 0 amide bonds. The first-order valence-electron chi connectivity index (χ1n) is 9.43. The molecule has 0 rings (SSSR count). The molecule has 0 fully saturated rings. The van der Waals surface area contributed by atoms with Gasteiger partial charge in [0.05, 0.1) is 0 Å². The van der Waals surface area contributed by atoms with E-state index >= 15 is 0 Å². The van der Waals surface area contributed by atoms with Crippen LogP contribution in [-0.4, -0.2) is 11.2 Å². The Bertz CT molecular complexity index is 246. The molecule has 0 saturated heterocycles. The maximum absolute atomic E-state index is 8.99. The van der Waals surface area contributed by atoms with Crippen LogP contribution >= 0.6 is 0 Å². The zero-order chi connectivity index (χ0) is 15.6. The first kappa shape index (κ1) is 20.5. The lowest BCUT2D eigenvalue weighted by atomic mass is 10.0. The molecule has 1 N–H and O–H groups in total. The lowest BCUT2D eigenvalue weighted by Crippen LogP contribution is -1.92. The molecule has 0 heterocycles. The molecule has 1 nitrogen and oxygen atoms in total. The van der Waals surface area contributed by atoms with Gasteiger partial charge in [-0.25, -0.2) is 0 Å². The van der Waals surface area contributed by atoms with Crippen LogP contribution < -0.4 is 0 Å². The maximum atomic E-state index is 8.99. The molecule has 0 radical (unpaired) electrons. The standard InChI is InChI=1S/C20H38O/c1-3-4-5-6-7-8-9-10-11-12-13-14-15-16-17-18-19-20(2)21/h20-21H,3-17H2,1-2H3/t20-/m0/s1. The SMILES string of the molecule is CCCCCCCCCCCCCCCCC#C[C@H](C)O. The van der Waals surface area contributed by atoms with Crippen molar-refractivity contribution in [3.63, 3.8) is 0 Å². The Balaban J connectivity index is 3.01. The van der Waals surface area contributed by atoms with Gasteiger partial charge in [-0.1, -0.05) is 96.3 Å². The third-order valence-electron chi connectivity index (χ3n) is 3.97. The average Bonchev–Trinajstić information content (AvgIpc) is 2.46. The minimum absolute atomic E-state index is 0.461. The molecule has 124 valence electrons. The Labute approximate surface area is 133 Å². The van der Waals surface area contributed by atoms with Gasteiger partial charge in [0.1, 0.15) is 6.10 Å². The first-order chi connectivity index (χ1) is 10.3. The first-order valence-corrected chi connectivity index (χ1v) is 9.43. The van der Waals surface area contributed by atoms with E-state index in [1.807, 2.05) is 0 Å². The predicted octanol–water partition coefficient (Wildman–Crippen LogP) is 6.24. The van der Waals surface area contributed by atoms with Crippen molar-refractivity contribution >= 4 is 0 Å². The van der Waals surface area contributed by atoms with Gasteiger partial charge >= 0.3 is 0 Å². The second kappa shape index (κ2) is 17.6. The maximum Gasteiger partial charge on any atom is 0.111 e. The molecule has 0 aliphatic carbocycles. The highest BCUT2D eigenvalue weighted by Crippen LogP contribution is 2.13. The van der Waals surface area contributed by atoms with Crippen LogP contribution in [0.3, 0.4) is 0 Å². The van der Waals surface area contributed by atoms with E-state index in [1.54, 1.807) is 6.92 Å². The van der Waals surface area contributed by atoms with Crippen LogP contribution in [0.2, 0.25) is 0 Å². The van der Waals surface area contributed by atoms with Crippen LogP contribution in [0.15, 0.2) is 0 Å². The molecule has 1 atom stereocenters. The lowest BCUT2D eigenvalue weighted by Gasteiger charge is -2.02. The van der Waals surface area contributed by atoms with Gasteiger partial charge in [-0.15, -0.1) is 5.92 Å². The Morgan fingerprint density at radius 2 is 1.05 bits per heavy atom. The quantitative estimate of drug-likeness (QED) is 0.297. The monoisotopic (exact) mass is 294 g/mol. The molecule has 0 spiro atoms. The Morgan fingerprint density at radius 3 is 1.43 bits per heavy atom. The molecule has 0 unspecified atom stereocenters. The number of aliphatic hydroxyl groups excluding tert-OH is 1. The van der Waals surface area contributed by atoms with E-state index < -0.39 is 6.10 Å². The van der Waals surface area contributed by atoms with E-state index in [2.05, 4.69) is 18.8 Å². The summed E-state index contributed by atoms with van der Waals surface area (Å²) in [5.41, 5.74) is 0. The smallest absolute Gasteiger partial charge is 0.111 e. The van der Waals surface area contributed by atoms with Crippen molar-refractivity contribution < 1.29 is 5.11 Å². The van der Waals surface area contributed by atoms with Crippen molar-refractivity contribution in [1.29, 1.82) is 0 Å². The third-order valence-corrected chi connectivity index (χ3v) is 3.97. The number of unbranched alkanes of at least 4 members (excludes halogenated alkanes) is 14. The minimum Gasteiger partial charge on any atom is -0.381 e. The van der Waals surface area contributed by atoms with E-state index in [0.717, 1.165) is 6.42 Å². The summed E-state index contributed by atoms with van der Waals surface area (Å²) in [6.45, 7) is 4.00. The number of rotatable bonds is 14. The summed E-state index contributed by atoms with van der Waals surface area (Å²) < 4.78 is 0. The van der Waals surface area contributed by atoms with Gasteiger partial charge in [-0.05, 0) is 13.3 Å². The number of aliphatic hydroxyl groups is 1. The van der Waals surface area contributed by atoms with Gasteiger partial charge in [-0.2, -0.15) is 0 Å². The molecule has 0 bridgehead atoms. The molecule has 0 aliphatic heterocycles.